The second kappa shape index (κ2) is 8.66. The van der Waals surface area contributed by atoms with Crippen LogP contribution in [0.3, 0.4) is 0 Å². The molecule has 0 saturated carbocycles. The fourth-order valence-electron chi connectivity index (χ4n) is 2.94. The first-order valence-corrected chi connectivity index (χ1v) is 9.47. The van der Waals surface area contributed by atoms with E-state index in [0.29, 0.717) is 17.1 Å². The van der Waals surface area contributed by atoms with E-state index in [9.17, 15) is 14.0 Å². The summed E-state index contributed by atoms with van der Waals surface area (Å²) in [5.41, 5.74) is 1.06. The highest BCUT2D eigenvalue weighted by Crippen LogP contribution is 2.15. The Kier molecular flexibility index (Phi) is 5.61. The molecule has 0 atom stereocenters. The van der Waals surface area contributed by atoms with Crippen molar-refractivity contribution in [1.82, 2.24) is 34.8 Å². The number of halogens is 1. The SMILES string of the molecule is Cc1nccn1-c1ccc(C(=O)NCCn2nc(-c3ccc(F)cc3)ccc2=O)nn1. The second-order valence-corrected chi connectivity index (χ2v) is 6.66. The maximum Gasteiger partial charge on any atom is 0.271 e. The van der Waals surface area contributed by atoms with Crippen molar-refractivity contribution in [3.05, 3.63) is 88.6 Å². The van der Waals surface area contributed by atoms with Gasteiger partial charge >= 0.3 is 0 Å². The van der Waals surface area contributed by atoms with Gasteiger partial charge in [0.15, 0.2) is 11.5 Å². The van der Waals surface area contributed by atoms with Crippen LogP contribution in [0, 0.1) is 12.7 Å². The zero-order valence-corrected chi connectivity index (χ0v) is 16.6. The Hall–Kier alpha value is -4.21. The zero-order chi connectivity index (χ0) is 21.8. The smallest absolute Gasteiger partial charge is 0.271 e. The third-order valence-electron chi connectivity index (χ3n) is 4.57. The first kappa shape index (κ1) is 20.1. The molecule has 0 unspecified atom stereocenters. The molecule has 4 rings (SSSR count). The lowest BCUT2D eigenvalue weighted by Crippen LogP contribution is -2.32. The monoisotopic (exact) mass is 419 g/mol. The maximum atomic E-state index is 13.1. The Morgan fingerprint density at radius 3 is 2.55 bits per heavy atom. The highest BCUT2D eigenvalue weighted by atomic mass is 19.1. The van der Waals surface area contributed by atoms with Crippen LogP contribution in [0.25, 0.3) is 17.1 Å². The van der Waals surface area contributed by atoms with Crippen LogP contribution < -0.4 is 10.9 Å². The number of hydrogen-bond acceptors (Lipinski definition) is 6. The van der Waals surface area contributed by atoms with E-state index >= 15 is 0 Å². The predicted molar refractivity (Wildman–Crippen MR) is 110 cm³/mol. The molecule has 1 aromatic carbocycles. The fourth-order valence-corrected chi connectivity index (χ4v) is 2.94. The number of aromatic nitrogens is 6. The molecular formula is C21H18FN7O2. The van der Waals surface area contributed by atoms with Crippen molar-refractivity contribution in [3.8, 4) is 17.1 Å². The summed E-state index contributed by atoms with van der Waals surface area (Å²) in [7, 11) is 0. The highest BCUT2D eigenvalue weighted by Gasteiger charge is 2.10. The Morgan fingerprint density at radius 2 is 1.87 bits per heavy atom. The summed E-state index contributed by atoms with van der Waals surface area (Å²) >= 11 is 0. The van der Waals surface area contributed by atoms with Gasteiger partial charge < -0.3 is 5.32 Å². The van der Waals surface area contributed by atoms with Gasteiger partial charge in [-0.15, -0.1) is 10.2 Å². The number of aryl methyl sites for hydroxylation is 1. The average molecular weight is 419 g/mol. The van der Waals surface area contributed by atoms with Crippen molar-refractivity contribution < 1.29 is 9.18 Å². The number of rotatable bonds is 6. The molecule has 156 valence electrons. The molecule has 0 aliphatic heterocycles. The molecule has 1 N–H and O–H groups in total. The quantitative estimate of drug-likeness (QED) is 0.510. The number of nitrogens with one attached hydrogen (secondary N) is 1. The summed E-state index contributed by atoms with van der Waals surface area (Å²) in [6, 6.07) is 12.0. The van der Waals surface area contributed by atoms with Gasteiger partial charge in [-0.05, 0) is 49.4 Å². The standard InChI is InChI=1S/C21H18FN7O2/c1-14-23-10-12-28(14)19-8-6-18(25-26-19)21(31)24-11-13-29-20(30)9-7-17(27-29)15-2-4-16(22)5-3-15/h2-10,12H,11,13H2,1H3,(H,24,31). The van der Waals surface area contributed by atoms with Crippen molar-refractivity contribution in [3.63, 3.8) is 0 Å². The van der Waals surface area contributed by atoms with E-state index in [1.165, 1.54) is 22.9 Å². The first-order valence-electron chi connectivity index (χ1n) is 9.47. The van der Waals surface area contributed by atoms with Gasteiger partial charge in [0.1, 0.15) is 11.6 Å². The van der Waals surface area contributed by atoms with Crippen LogP contribution in [-0.4, -0.2) is 42.0 Å². The first-order chi connectivity index (χ1) is 15.0. The Morgan fingerprint density at radius 1 is 1.06 bits per heavy atom. The normalized spacial score (nSPS) is 10.8. The molecule has 0 fully saturated rings. The summed E-state index contributed by atoms with van der Waals surface area (Å²) in [5, 5.41) is 15.0. The third-order valence-corrected chi connectivity index (χ3v) is 4.57. The molecule has 4 aromatic rings. The molecule has 10 heteroatoms. The number of nitrogens with zero attached hydrogens (tertiary/aromatic N) is 6. The van der Waals surface area contributed by atoms with E-state index in [1.807, 2.05) is 6.92 Å². The van der Waals surface area contributed by atoms with Gasteiger partial charge in [0.25, 0.3) is 11.5 Å². The molecule has 1 amide bonds. The largest absolute Gasteiger partial charge is 0.349 e. The fraction of sp³-hybridized carbons (Fsp3) is 0.143. The molecule has 0 radical (unpaired) electrons. The van der Waals surface area contributed by atoms with Gasteiger partial charge in [-0.25, -0.2) is 14.1 Å². The minimum Gasteiger partial charge on any atom is -0.349 e. The highest BCUT2D eigenvalue weighted by molar-refractivity contribution is 5.92. The predicted octanol–water partition coefficient (Wildman–Crippen LogP) is 1.76. The molecule has 3 aromatic heterocycles. The number of carbonyl (C=O) groups is 1. The lowest BCUT2D eigenvalue weighted by molar-refractivity contribution is 0.0945. The molecule has 31 heavy (non-hydrogen) atoms. The second-order valence-electron chi connectivity index (χ2n) is 6.66. The Bertz CT molecular complexity index is 1260. The van der Waals surface area contributed by atoms with Crippen molar-refractivity contribution in [1.29, 1.82) is 0 Å². The number of hydrogen-bond donors (Lipinski definition) is 1. The molecule has 0 spiro atoms. The molecule has 0 aliphatic carbocycles. The van der Waals surface area contributed by atoms with Crippen molar-refractivity contribution >= 4 is 5.91 Å². The zero-order valence-electron chi connectivity index (χ0n) is 16.6. The minimum atomic E-state index is -0.413. The number of amides is 1. The van der Waals surface area contributed by atoms with Crippen LogP contribution in [0.4, 0.5) is 4.39 Å². The van der Waals surface area contributed by atoms with Crippen LogP contribution >= 0.6 is 0 Å². The maximum absolute atomic E-state index is 13.1. The lowest BCUT2D eigenvalue weighted by Gasteiger charge is -2.09. The summed E-state index contributed by atoms with van der Waals surface area (Å²) in [6.07, 6.45) is 3.41. The van der Waals surface area contributed by atoms with Crippen molar-refractivity contribution in [2.45, 2.75) is 13.5 Å². The topological polar surface area (TPSA) is 108 Å². The molecule has 0 saturated heterocycles. The van der Waals surface area contributed by atoms with Gasteiger partial charge in [-0.1, -0.05) is 0 Å². The van der Waals surface area contributed by atoms with E-state index in [-0.39, 0.29) is 30.2 Å². The van der Waals surface area contributed by atoms with Gasteiger partial charge in [-0.3, -0.25) is 14.2 Å². The molecule has 3 heterocycles. The summed E-state index contributed by atoms with van der Waals surface area (Å²) in [4.78, 5) is 28.5. The minimum absolute atomic E-state index is 0.155. The third kappa shape index (κ3) is 4.53. The number of imidazole rings is 1. The van der Waals surface area contributed by atoms with Crippen LogP contribution in [-0.2, 0) is 6.54 Å². The molecule has 0 aliphatic rings. The van der Waals surface area contributed by atoms with Crippen LogP contribution in [0.2, 0.25) is 0 Å². The molecular weight excluding hydrogens is 401 g/mol. The summed E-state index contributed by atoms with van der Waals surface area (Å²) in [6.45, 7) is 2.17. The van der Waals surface area contributed by atoms with Gasteiger partial charge in [-0.2, -0.15) is 5.10 Å². The van der Waals surface area contributed by atoms with Crippen LogP contribution in [0.5, 0.6) is 0 Å². The van der Waals surface area contributed by atoms with E-state index in [0.717, 1.165) is 5.82 Å². The van der Waals surface area contributed by atoms with Gasteiger partial charge in [0.05, 0.1) is 12.2 Å². The van der Waals surface area contributed by atoms with Gasteiger partial charge in [0.2, 0.25) is 0 Å². The molecule has 0 bridgehead atoms. The van der Waals surface area contributed by atoms with E-state index in [1.54, 1.807) is 47.3 Å². The van der Waals surface area contributed by atoms with E-state index in [4.69, 9.17) is 0 Å². The number of benzene rings is 1. The Labute approximate surface area is 176 Å². The van der Waals surface area contributed by atoms with Crippen LogP contribution in [0.1, 0.15) is 16.3 Å². The number of carbonyl (C=O) groups excluding carboxylic acids is 1. The van der Waals surface area contributed by atoms with Gasteiger partial charge in [0, 0.05) is 30.6 Å². The summed E-state index contributed by atoms with van der Waals surface area (Å²) < 4.78 is 16.1. The van der Waals surface area contributed by atoms with E-state index < -0.39 is 5.91 Å². The van der Waals surface area contributed by atoms with E-state index in [2.05, 4.69) is 25.6 Å². The van der Waals surface area contributed by atoms with Crippen molar-refractivity contribution in [2.24, 2.45) is 0 Å². The molecule has 9 nitrogen and oxygen atoms in total. The Balaban J connectivity index is 1.39. The van der Waals surface area contributed by atoms with Crippen molar-refractivity contribution in [2.75, 3.05) is 6.54 Å². The average Bonchev–Trinajstić information content (AvgIpc) is 3.21. The summed E-state index contributed by atoms with van der Waals surface area (Å²) in [5.74, 6) is 0.549. The van der Waals surface area contributed by atoms with Crippen LogP contribution in [0.15, 0.2) is 65.7 Å². The lowest BCUT2D eigenvalue weighted by atomic mass is 10.1.